The van der Waals surface area contributed by atoms with E-state index in [0.29, 0.717) is 47.2 Å². The average Bonchev–Trinajstić information content (AvgIpc) is 3.44. The second kappa shape index (κ2) is 12.1. The van der Waals surface area contributed by atoms with Crippen LogP contribution in [0.1, 0.15) is 42.2 Å². The topological polar surface area (TPSA) is 118 Å². The van der Waals surface area contributed by atoms with Crippen LogP contribution in [-0.2, 0) is 4.74 Å². The number of piperidine rings is 1. The van der Waals surface area contributed by atoms with Gasteiger partial charge in [-0.15, -0.1) is 0 Å². The maximum absolute atomic E-state index is 12.9. The molecule has 6 rings (SSSR count). The molecule has 0 bridgehead atoms. The van der Waals surface area contributed by atoms with Crippen molar-refractivity contribution < 1.29 is 14.3 Å². The van der Waals surface area contributed by atoms with Crippen LogP contribution in [0.4, 0.5) is 5.82 Å². The summed E-state index contributed by atoms with van der Waals surface area (Å²) in [5.74, 6) is 1.50. The molecule has 1 N–H and O–H groups in total. The van der Waals surface area contributed by atoms with Crippen molar-refractivity contribution in [2.45, 2.75) is 32.3 Å². The van der Waals surface area contributed by atoms with Crippen LogP contribution in [0, 0.1) is 16.7 Å². The number of ether oxygens (including phenoxy) is 2. The Kier molecular flexibility index (Phi) is 8.07. The van der Waals surface area contributed by atoms with E-state index < -0.39 is 0 Å². The van der Waals surface area contributed by atoms with Crippen LogP contribution in [0.25, 0.3) is 16.6 Å². The van der Waals surface area contributed by atoms with Gasteiger partial charge in [-0.25, -0.2) is 9.50 Å². The van der Waals surface area contributed by atoms with E-state index in [-0.39, 0.29) is 17.3 Å². The highest BCUT2D eigenvalue weighted by Gasteiger charge is 2.33. The summed E-state index contributed by atoms with van der Waals surface area (Å²) in [4.78, 5) is 24.1. The van der Waals surface area contributed by atoms with Crippen LogP contribution in [0.3, 0.4) is 0 Å². The number of hydrogen-bond acceptors (Lipinski definition) is 9. The van der Waals surface area contributed by atoms with Gasteiger partial charge in [-0.3, -0.25) is 9.78 Å². The van der Waals surface area contributed by atoms with Crippen LogP contribution < -0.4 is 15.0 Å². The van der Waals surface area contributed by atoms with Crippen LogP contribution in [0.15, 0.2) is 55.1 Å². The first-order valence-electron chi connectivity index (χ1n) is 14.1. The van der Waals surface area contributed by atoms with E-state index >= 15 is 0 Å². The van der Waals surface area contributed by atoms with Crippen molar-refractivity contribution in [1.29, 1.82) is 5.26 Å². The number of carbonyl (C=O) groups is 1. The number of anilines is 1. The van der Waals surface area contributed by atoms with Gasteiger partial charge in [0.2, 0.25) is 0 Å². The number of nitriles is 1. The van der Waals surface area contributed by atoms with Gasteiger partial charge in [0.1, 0.15) is 36.0 Å². The number of nitrogens with zero attached hydrogens (tertiary/aromatic N) is 6. The van der Waals surface area contributed by atoms with Gasteiger partial charge in [-0.1, -0.05) is 18.5 Å². The molecule has 2 aliphatic heterocycles. The number of morpholine rings is 1. The smallest absolute Gasteiger partial charge is 0.183 e. The van der Waals surface area contributed by atoms with Gasteiger partial charge in [-0.2, -0.15) is 10.4 Å². The van der Waals surface area contributed by atoms with Crippen molar-refractivity contribution in [3.8, 4) is 22.9 Å². The molecule has 0 spiro atoms. The highest BCUT2D eigenvalue weighted by molar-refractivity contribution is 6.33. The molecule has 1 atom stereocenters. The molecule has 4 aromatic rings. The summed E-state index contributed by atoms with van der Waals surface area (Å²) in [6, 6.07) is 11.6. The molecular formula is C31H32ClN7O3. The molecule has 2 aliphatic rings. The summed E-state index contributed by atoms with van der Waals surface area (Å²) in [5, 5.41) is 17.8. The van der Waals surface area contributed by atoms with Crippen molar-refractivity contribution in [2.75, 3.05) is 44.3 Å². The molecule has 0 saturated carbocycles. The minimum atomic E-state index is -0.130. The number of hydrogen-bond donors (Lipinski definition) is 1. The summed E-state index contributed by atoms with van der Waals surface area (Å²) in [6.07, 6.45) is 8.88. The van der Waals surface area contributed by atoms with Crippen molar-refractivity contribution in [3.05, 3.63) is 71.4 Å². The van der Waals surface area contributed by atoms with Crippen molar-refractivity contribution >= 4 is 28.7 Å². The fourth-order valence-electron chi connectivity index (χ4n) is 5.64. The molecule has 10 nitrogen and oxygen atoms in total. The van der Waals surface area contributed by atoms with Gasteiger partial charge in [0.25, 0.3) is 0 Å². The Hall–Kier alpha value is -4.04. The van der Waals surface area contributed by atoms with E-state index in [2.05, 4.69) is 33.3 Å². The van der Waals surface area contributed by atoms with E-state index in [1.54, 1.807) is 35.2 Å². The number of fused-ring (bicyclic) bond motifs is 1. The zero-order valence-corrected chi connectivity index (χ0v) is 24.2. The number of halogens is 1. The lowest BCUT2D eigenvalue weighted by Crippen LogP contribution is -2.41. The number of carbonyl (C=O) groups excluding carboxylic acids is 1. The van der Waals surface area contributed by atoms with Crippen LogP contribution in [0.2, 0.25) is 5.02 Å². The first kappa shape index (κ1) is 28.1. The third kappa shape index (κ3) is 5.95. The van der Waals surface area contributed by atoms with Crippen molar-refractivity contribution in [1.82, 2.24) is 24.9 Å². The highest BCUT2D eigenvalue weighted by atomic mass is 35.5. The molecule has 0 radical (unpaired) electrons. The van der Waals surface area contributed by atoms with E-state index in [1.807, 2.05) is 24.4 Å². The fourth-order valence-corrected chi connectivity index (χ4v) is 5.87. The highest BCUT2D eigenvalue weighted by Crippen LogP contribution is 2.38. The Balaban J connectivity index is 1.16. The molecule has 2 fully saturated rings. The molecule has 0 aliphatic carbocycles. The van der Waals surface area contributed by atoms with E-state index in [4.69, 9.17) is 26.1 Å². The standard InChI is InChI=1S/C31H32ClN7O3/c1-31(14-27(40)29-26(32)3-2-8-35-29)6-10-38(11-7-31)28-5-4-21(16-36-28)25-13-23(42-20-24-18-34-9-12-41-24)19-39-30(25)22(15-33)17-37-39/h2-5,8,13,16-17,19,24,34H,6-7,9-12,14,18,20H2,1H3/t24-/m0/s1. The second-order valence-electron chi connectivity index (χ2n) is 11.2. The predicted octanol–water partition coefficient (Wildman–Crippen LogP) is 4.56. The number of rotatable bonds is 8. The number of Topliss-reactive ketones (excluding diaryl/α,β-unsaturated/α-hetero) is 1. The third-order valence-electron chi connectivity index (χ3n) is 8.11. The Morgan fingerprint density at radius 3 is 2.83 bits per heavy atom. The molecular weight excluding hydrogens is 554 g/mol. The third-order valence-corrected chi connectivity index (χ3v) is 8.42. The predicted molar refractivity (Wildman–Crippen MR) is 159 cm³/mol. The number of pyridine rings is 3. The first-order chi connectivity index (χ1) is 20.4. The van der Waals surface area contributed by atoms with Crippen LogP contribution in [-0.4, -0.2) is 70.9 Å². The summed E-state index contributed by atoms with van der Waals surface area (Å²) in [6.45, 7) is 6.40. The fraction of sp³-hybridized carbons (Fsp3) is 0.387. The van der Waals surface area contributed by atoms with Gasteiger partial charge < -0.3 is 19.7 Å². The van der Waals surface area contributed by atoms with Crippen molar-refractivity contribution in [2.24, 2.45) is 5.41 Å². The zero-order chi connectivity index (χ0) is 29.1. The Morgan fingerprint density at radius 1 is 1.26 bits per heavy atom. The minimum absolute atomic E-state index is 0.0175. The number of aromatic nitrogens is 4. The maximum atomic E-state index is 12.9. The summed E-state index contributed by atoms with van der Waals surface area (Å²) in [7, 11) is 0. The molecule has 0 unspecified atom stereocenters. The van der Waals surface area contributed by atoms with Crippen molar-refractivity contribution in [3.63, 3.8) is 0 Å². The Labute approximate surface area is 249 Å². The normalized spacial score (nSPS) is 18.5. The largest absolute Gasteiger partial charge is 0.489 e. The van der Waals surface area contributed by atoms with E-state index in [9.17, 15) is 10.1 Å². The minimum Gasteiger partial charge on any atom is -0.489 e. The Morgan fingerprint density at radius 2 is 2.12 bits per heavy atom. The monoisotopic (exact) mass is 585 g/mol. The number of nitrogens with one attached hydrogen (secondary N) is 1. The maximum Gasteiger partial charge on any atom is 0.183 e. The molecule has 2 saturated heterocycles. The average molecular weight is 586 g/mol. The molecule has 0 amide bonds. The SMILES string of the molecule is CC1(CC(=O)c2ncccc2Cl)CCN(c2ccc(-c3cc(OC[C@@H]4CNCCO4)cn4ncc(C#N)c34)cn2)CC1. The number of ketones is 1. The summed E-state index contributed by atoms with van der Waals surface area (Å²) in [5.41, 5.74) is 3.09. The lowest BCUT2D eigenvalue weighted by atomic mass is 9.76. The summed E-state index contributed by atoms with van der Waals surface area (Å²) >= 11 is 6.21. The lowest BCUT2D eigenvalue weighted by Gasteiger charge is -2.39. The van der Waals surface area contributed by atoms with Gasteiger partial charge in [0.15, 0.2) is 5.78 Å². The zero-order valence-electron chi connectivity index (χ0n) is 23.4. The first-order valence-corrected chi connectivity index (χ1v) is 14.5. The molecule has 6 heterocycles. The molecule has 0 aromatic carbocycles. The van der Waals surface area contributed by atoms with Crippen LogP contribution >= 0.6 is 11.6 Å². The molecule has 4 aromatic heterocycles. The van der Waals surface area contributed by atoms with E-state index in [0.717, 1.165) is 56.0 Å². The van der Waals surface area contributed by atoms with E-state index in [1.165, 1.54) is 0 Å². The van der Waals surface area contributed by atoms with Gasteiger partial charge in [-0.05, 0) is 48.6 Å². The van der Waals surface area contributed by atoms with Gasteiger partial charge >= 0.3 is 0 Å². The quantitative estimate of drug-likeness (QED) is 0.297. The Bertz CT molecular complexity index is 1620. The second-order valence-corrected chi connectivity index (χ2v) is 11.6. The molecule has 11 heteroatoms. The summed E-state index contributed by atoms with van der Waals surface area (Å²) < 4.78 is 13.5. The molecule has 42 heavy (non-hydrogen) atoms. The lowest BCUT2D eigenvalue weighted by molar-refractivity contribution is 0.000107. The van der Waals surface area contributed by atoms with Gasteiger partial charge in [0.05, 0.1) is 35.1 Å². The molecule has 216 valence electrons. The van der Waals surface area contributed by atoms with Crippen LogP contribution in [0.5, 0.6) is 5.75 Å². The van der Waals surface area contributed by atoms with Gasteiger partial charge in [0, 0.05) is 56.1 Å².